The van der Waals surface area contributed by atoms with Crippen LogP contribution in [0.4, 0.5) is 18.3 Å². The van der Waals surface area contributed by atoms with Crippen LogP contribution in [0.2, 0.25) is 0 Å². The van der Waals surface area contributed by atoms with E-state index in [4.69, 9.17) is 5.73 Å². The predicted octanol–water partition coefficient (Wildman–Crippen LogP) is 1.48. The van der Waals surface area contributed by atoms with Crippen LogP contribution >= 0.6 is 11.3 Å². The maximum Gasteiger partial charge on any atom is 0.445 e. The van der Waals surface area contributed by atoms with Gasteiger partial charge in [-0.2, -0.15) is 13.2 Å². The molecule has 2 N–H and O–H groups in total. The Kier molecular flexibility index (Phi) is 2.19. The van der Waals surface area contributed by atoms with Crippen LogP contribution in [0.15, 0.2) is 0 Å². The van der Waals surface area contributed by atoms with E-state index >= 15 is 0 Å². The molecule has 1 aliphatic heterocycles. The molecular weight excluding hydrogens is 253 g/mol. The van der Waals surface area contributed by atoms with Gasteiger partial charge in [0.25, 0.3) is 0 Å². The third kappa shape index (κ3) is 1.89. The van der Waals surface area contributed by atoms with Gasteiger partial charge < -0.3 is 10.6 Å². The van der Waals surface area contributed by atoms with Crippen molar-refractivity contribution >= 4 is 16.5 Å². The maximum atomic E-state index is 12.3. The first kappa shape index (κ1) is 11.2. The predicted molar refractivity (Wildman–Crippen MR) is 56.8 cm³/mol. The van der Waals surface area contributed by atoms with Crippen molar-refractivity contribution in [3.8, 4) is 0 Å². The molecule has 0 unspecified atom stereocenters. The Hall–Kier alpha value is -0.890. The van der Waals surface area contributed by atoms with Crippen LogP contribution in [0.1, 0.15) is 17.8 Å². The fraction of sp³-hybridized carbons (Fsp3) is 0.778. The Bertz CT molecular complexity index is 434. The van der Waals surface area contributed by atoms with E-state index in [1.165, 1.54) is 0 Å². The summed E-state index contributed by atoms with van der Waals surface area (Å²) < 4.78 is 37.0. The second kappa shape index (κ2) is 3.32. The molecule has 0 bridgehead atoms. The van der Waals surface area contributed by atoms with Gasteiger partial charge in [-0.05, 0) is 18.8 Å². The van der Waals surface area contributed by atoms with E-state index in [1.54, 1.807) is 4.90 Å². The molecule has 1 saturated heterocycles. The minimum Gasteiger partial charge on any atom is -0.343 e. The Labute approximate surface area is 99.6 Å². The number of halogens is 3. The molecule has 1 aromatic heterocycles. The van der Waals surface area contributed by atoms with Gasteiger partial charge in [0.1, 0.15) is 0 Å². The van der Waals surface area contributed by atoms with E-state index in [1.807, 2.05) is 0 Å². The topological polar surface area (TPSA) is 55.0 Å². The zero-order valence-electron chi connectivity index (χ0n) is 8.87. The van der Waals surface area contributed by atoms with Crippen molar-refractivity contribution in [1.82, 2.24) is 10.2 Å². The summed E-state index contributed by atoms with van der Waals surface area (Å²) in [5, 5.41) is 6.15. The van der Waals surface area contributed by atoms with Gasteiger partial charge in [0.2, 0.25) is 10.1 Å². The van der Waals surface area contributed by atoms with Crippen molar-refractivity contribution in [2.24, 2.45) is 11.7 Å². The van der Waals surface area contributed by atoms with E-state index in [0.29, 0.717) is 35.5 Å². The second-order valence-corrected chi connectivity index (χ2v) is 5.71. The van der Waals surface area contributed by atoms with Gasteiger partial charge in [-0.1, -0.05) is 11.3 Å². The summed E-state index contributed by atoms with van der Waals surface area (Å²) in [5.74, 6) is 0.536. The lowest BCUT2D eigenvalue weighted by atomic mass is 9.86. The molecule has 2 heterocycles. The molecule has 2 fully saturated rings. The summed E-state index contributed by atoms with van der Waals surface area (Å²) in [7, 11) is 0. The minimum atomic E-state index is -4.41. The summed E-state index contributed by atoms with van der Waals surface area (Å²) >= 11 is 0.580. The molecule has 1 saturated carbocycles. The quantitative estimate of drug-likeness (QED) is 0.879. The van der Waals surface area contributed by atoms with Crippen LogP contribution in [-0.2, 0) is 6.18 Å². The molecule has 0 aromatic carbocycles. The first-order valence-corrected chi connectivity index (χ1v) is 6.15. The number of alkyl halides is 3. The van der Waals surface area contributed by atoms with Gasteiger partial charge in [0, 0.05) is 13.1 Å². The third-order valence-corrected chi connectivity index (χ3v) is 4.32. The van der Waals surface area contributed by atoms with Crippen LogP contribution in [0.5, 0.6) is 0 Å². The minimum absolute atomic E-state index is 0.218. The average Bonchev–Trinajstić information content (AvgIpc) is 2.90. The van der Waals surface area contributed by atoms with Crippen LogP contribution in [-0.4, -0.2) is 28.8 Å². The normalized spacial score (nSPS) is 23.6. The van der Waals surface area contributed by atoms with E-state index < -0.39 is 11.2 Å². The van der Waals surface area contributed by atoms with Crippen molar-refractivity contribution < 1.29 is 13.2 Å². The molecule has 1 aromatic rings. The lowest BCUT2D eigenvalue weighted by molar-refractivity contribution is -0.138. The van der Waals surface area contributed by atoms with Gasteiger partial charge in [-0.15, -0.1) is 10.2 Å². The second-order valence-electron chi connectivity index (χ2n) is 4.75. The number of hydrogen-bond acceptors (Lipinski definition) is 5. The largest absolute Gasteiger partial charge is 0.445 e. The lowest BCUT2D eigenvalue weighted by Crippen LogP contribution is -2.69. The third-order valence-electron chi connectivity index (χ3n) is 3.29. The molecule has 3 rings (SSSR count). The van der Waals surface area contributed by atoms with E-state index in [-0.39, 0.29) is 5.54 Å². The Morgan fingerprint density at radius 3 is 2.41 bits per heavy atom. The number of hydrogen-bond donors (Lipinski definition) is 1. The van der Waals surface area contributed by atoms with Crippen LogP contribution in [0, 0.1) is 5.92 Å². The molecule has 8 heteroatoms. The Morgan fingerprint density at radius 2 is 1.94 bits per heavy atom. The number of rotatable bonds is 2. The Balaban J connectivity index is 1.69. The molecular formula is C9H11F3N4S. The SMILES string of the molecule is NC1(C2CC2)CN(c2nnc(C(F)(F)F)s2)C1. The summed E-state index contributed by atoms with van der Waals surface area (Å²) in [6.45, 7) is 1.17. The molecule has 1 aliphatic carbocycles. The highest BCUT2D eigenvalue weighted by molar-refractivity contribution is 7.15. The average molecular weight is 264 g/mol. The van der Waals surface area contributed by atoms with Gasteiger partial charge in [0.05, 0.1) is 5.54 Å². The van der Waals surface area contributed by atoms with Crippen molar-refractivity contribution in [3.05, 3.63) is 5.01 Å². The first-order chi connectivity index (χ1) is 7.88. The van der Waals surface area contributed by atoms with Crippen molar-refractivity contribution in [3.63, 3.8) is 0 Å². The molecule has 4 nitrogen and oxygen atoms in total. The highest BCUT2D eigenvalue weighted by atomic mass is 32.1. The highest BCUT2D eigenvalue weighted by Crippen LogP contribution is 2.45. The fourth-order valence-electron chi connectivity index (χ4n) is 2.17. The monoisotopic (exact) mass is 264 g/mol. The van der Waals surface area contributed by atoms with Gasteiger partial charge in [0.15, 0.2) is 0 Å². The fourth-order valence-corrected chi connectivity index (χ4v) is 2.88. The van der Waals surface area contributed by atoms with E-state index in [9.17, 15) is 13.2 Å². The number of nitrogens with two attached hydrogens (primary N) is 1. The Morgan fingerprint density at radius 1 is 1.29 bits per heavy atom. The van der Waals surface area contributed by atoms with Gasteiger partial charge in [-0.25, -0.2) is 0 Å². The summed E-state index contributed by atoms with van der Waals surface area (Å²) in [5.41, 5.74) is 5.90. The van der Waals surface area contributed by atoms with Gasteiger partial charge >= 0.3 is 6.18 Å². The molecule has 0 radical (unpaired) electrons. The molecule has 2 aliphatic rings. The van der Waals surface area contributed by atoms with Crippen molar-refractivity contribution in [2.45, 2.75) is 24.6 Å². The van der Waals surface area contributed by atoms with Crippen LogP contribution in [0.3, 0.4) is 0 Å². The highest BCUT2D eigenvalue weighted by Gasteiger charge is 2.51. The summed E-state index contributed by atoms with van der Waals surface area (Å²) in [4.78, 5) is 1.77. The number of aromatic nitrogens is 2. The van der Waals surface area contributed by atoms with E-state index in [2.05, 4.69) is 10.2 Å². The summed E-state index contributed by atoms with van der Waals surface area (Å²) in [6, 6.07) is 0. The molecule has 94 valence electrons. The smallest absolute Gasteiger partial charge is 0.343 e. The molecule has 0 atom stereocenters. The maximum absolute atomic E-state index is 12.3. The zero-order valence-corrected chi connectivity index (χ0v) is 9.68. The first-order valence-electron chi connectivity index (χ1n) is 5.33. The zero-order chi connectivity index (χ0) is 12.3. The lowest BCUT2D eigenvalue weighted by Gasteiger charge is -2.48. The van der Waals surface area contributed by atoms with Crippen LogP contribution in [0.25, 0.3) is 0 Å². The van der Waals surface area contributed by atoms with E-state index in [0.717, 1.165) is 12.8 Å². The van der Waals surface area contributed by atoms with Gasteiger partial charge in [-0.3, -0.25) is 0 Å². The number of nitrogens with zero attached hydrogens (tertiary/aromatic N) is 3. The number of anilines is 1. The van der Waals surface area contributed by atoms with Crippen LogP contribution < -0.4 is 10.6 Å². The summed E-state index contributed by atoms with van der Waals surface area (Å²) in [6.07, 6.45) is -2.14. The van der Waals surface area contributed by atoms with Crippen molar-refractivity contribution in [2.75, 3.05) is 18.0 Å². The molecule has 17 heavy (non-hydrogen) atoms. The standard InChI is InChI=1S/C9H11F3N4S/c10-9(11,12)6-14-15-7(17-6)16-3-8(13,4-16)5-1-2-5/h5H,1-4,13H2. The molecule has 0 amide bonds. The van der Waals surface area contributed by atoms with Crippen molar-refractivity contribution in [1.29, 1.82) is 0 Å². The molecule has 0 spiro atoms.